The molecular weight excluding hydrogens is 206 g/mol. The highest BCUT2D eigenvalue weighted by atomic mass is 32.1. The number of nitrogens with two attached hydrogens (primary N) is 1. The summed E-state index contributed by atoms with van der Waals surface area (Å²) in [6, 6.07) is 1.08. The predicted molar refractivity (Wildman–Crippen MR) is 63.9 cm³/mol. The molecule has 1 saturated heterocycles. The standard InChI is InChI=1S/C11H19N3S/c1-8-5-10(6-12)7-14(8)9(2)11-13-3-4-15-11/h3-4,8-10H,5-7,12H2,1-2H3. The zero-order valence-corrected chi connectivity index (χ0v) is 10.2. The molecule has 3 atom stereocenters. The molecule has 0 amide bonds. The number of aromatic nitrogens is 1. The molecule has 3 nitrogen and oxygen atoms in total. The first-order valence-corrected chi connectivity index (χ1v) is 6.45. The summed E-state index contributed by atoms with van der Waals surface area (Å²) in [6.45, 7) is 6.47. The minimum absolute atomic E-state index is 0.441. The first-order valence-electron chi connectivity index (χ1n) is 5.57. The number of hydrogen-bond donors (Lipinski definition) is 1. The molecule has 0 aromatic carbocycles. The van der Waals surface area contributed by atoms with E-state index in [1.165, 1.54) is 11.4 Å². The van der Waals surface area contributed by atoms with Crippen LogP contribution in [0.25, 0.3) is 0 Å². The minimum Gasteiger partial charge on any atom is -0.330 e. The van der Waals surface area contributed by atoms with Crippen LogP contribution in [0.2, 0.25) is 0 Å². The van der Waals surface area contributed by atoms with E-state index >= 15 is 0 Å². The number of likely N-dealkylation sites (tertiary alicyclic amines) is 1. The van der Waals surface area contributed by atoms with Gasteiger partial charge in [0.1, 0.15) is 5.01 Å². The highest BCUT2D eigenvalue weighted by molar-refractivity contribution is 7.09. The van der Waals surface area contributed by atoms with Crippen molar-refractivity contribution in [2.75, 3.05) is 13.1 Å². The van der Waals surface area contributed by atoms with Crippen molar-refractivity contribution < 1.29 is 0 Å². The Bertz CT molecular complexity index is 299. The summed E-state index contributed by atoms with van der Waals surface area (Å²) in [7, 11) is 0. The Morgan fingerprint density at radius 3 is 3.07 bits per heavy atom. The smallest absolute Gasteiger partial charge is 0.109 e. The van der Waals surface area contributed by atoms with Crippen molar-refractivity contribution in [2.24, 2.45) is 11.7 Å². The number of thiazole rings is 1. The van der Waals surface area contributed by atoms with Crippen LogP contribution in [0.1, 0.15) is 31.3 Å². The molecule has 15 heavy (non-hydrogen) atoms. The lowest BCUT2D eigenvalue weighted by atomic mass is 10.1. The van der Waals surface area contributed by atoms with Crippen LogP contribution >= 0.6 is 11.3 Å². The summed E-state index contributed by atoms with van der Waals surface area (Å²) >= 11 is 1.74. The van der Waals surface area contributed by atoms with Gasteiger partial charge in [-0.2, -0.15) is 0 Å². The highest BCUT2D eigenvalue weighted by Gasteiger charge is 2.32. The van der Waals surface area contributed by atoms with Crippen LogP contribution in [-0.2, 0) is 0 Å². The van der Waals surface area contributed by atoms with Crippen molar-refractivity contribution in [1.82, 2.24) is 9.88 Å². The summed E-state index contributed by atoms with van der Waals surface area (Å²) in [4.78, 5) is 6.92. The van der Waals surface area contributed by atoms with Crippen molar-refractivity contribution >= 4 is 11.3 Å². The third-order valence-corrected chi connectivity index (χ3v) is 4.30. The molecule has 2 N–H and O–H groups in total. The maximum atomic E-state index is 5.74. The fourth-order valence-corrected chi connectivity index (χ4v) is 3.18. The summed E-state index contributed by atoms with van der Waals surface area (Å²) in [5.74, 6) is 0.669. The average molecular weight is 225 g/mol. The van der Waals surface area contributed by atoms with Gasteiger partial charge in [0, 0.05) is 24.2 Å². The quantitative estimate of drug-likeness (QED) is 0.854. The van der Waals surface area contributed by atoms with Crippen LogP contribution in [0.3, 0.4) is 0 Å². The van der Waals surface area contributed by atoms with Crippen molar-refractivity contribution in [2.45, 2.75) is 32.4 Å². The maximum absolute atomic E-state index is 5.74. The van der Waals surface area contributed by atoms with Crippen LogP contribution in [0.15, 0.2) is 11.6 Å². The van der Waals surface area contributed by atoms with Crippen molar-refractivity contribution in [3.8, 4) is 0 Å². The van der Waals surface area contributed by atoms with E-state index in [0.717, 1.165) is 13.1 Å². The summed E-state index contributed by atoms with van der Waals surface area (Å²) < 4.78 is 0. The Morgan fingerprint density at radius 1 is 1.73 bits per heavy atom. The van der Waals surface area contributed by atoms with Crippen molar-refractivity contribution in [3.63, 3.8) is 0 Å². The maximum Gasteiger partial charge on any atom is 0.109 e. The van der Waals surface area contributed by atoms with Gasteiger partial charge in [0.05, 0.1) is 6.04 Å². The fourth-order valence-electron chi connectivity index (χ4n) is 2.46. The predicted octanol–water partition coefficient (Wildman–Crippen LogP) is 1.87. The lowest BCUT2D eigenvalue weighted by Crippen LogP contribution is -2.30. The van der Waals surface area contributed by atoms with E-state index in [0.29, 0.717) is 18.0 Å². The number of hydrogen-bond acceptors (Lipinski definition) is 4. The van der Waals surface area contributed by atoms with Gasteiger partial charge in [-0.25, -0.2) is 4.98 Å². The summed E-state index contributed by atoms with van der Waals surface area (Å²) in [5.41, 5.74) is 5.74. The molecule has 3 unspecified atom stereocenters. The molecule has 84 valence electrons. The molecule has 1 aliphatic rings. The molecule has 1 aromatic rings. The van der Waals surface area contributed by atoms with Gasteiger partial charge in [0.2, 0.25) is 0 Å². The lowest BCUT2D eigenvalue weighted by Gasteiger charge is -2.26. The summed E-state index contributed by atoms with van der Waals surface area (Å²) in [5, 5.41) is 3.27. The third-order valence-electron chi connectivity index (χ3n) is 3.35. The Balaban J connectivity index is 2.05. The van der Waals surface area contributed by atoms with Gasteiger partial charge < -0.3 is 5.73 Å². The largest absolute Gasteiger partial charge is 0.330 e. The second-order valence-corrected chi connectivity index (χ2v) is 5.36. The molecule has 0 saturated carbocycles. The topological polar surface area (TPSA) is 42.1 Å². The van der Waals surface area contributed by atoms with E-state index in [1.54, 1.807) is 11.3 Å². The van der Waals surface area contributed by atoms with Gasteiger partial charge in [0.25, 0.3) is 0 Å². The molecule has 2 heterocycles. The molecule has 0 spiro atoms. The van der Waals surface area contributed by atoms with E-state index < -0.39 is 0 Å². The average Bonchev–Trinajstić information content (AvgIpc) is 2.85. The van der Waals surface area contributed by atoms with Gasteiger partial charge in [0.15, 0.2) is 0 Å². The van der Waals surface area contributed by atoms with E-state index in [2.05, 4.69) is 23.7 Å². The van der Waals surface area contributed by atoms with E-state index in [9.17, 15) is 0 Å². The van der Waals surface area contributed by atoms with Crippen LogP contribution in [0.4, 0.5) is 0 Å². The normalized spacial score (nSPS) is 29.5. The Labute approximate surface area is 95.3 Å². The monoisotopic (exact) mass is 225 g/mol. The molecule has 1 fully saturated rings. The molecule has 4 heteroatoms. The van der Waals surface area contributed by atoms with Gasteiger partial charge in [-0.05, 0) is 32.7 Å². The Hall–Kier alpha value is -0.450. The minimum atomic E-state index is 0.441. The SMILES string of the molecule is CC1CC(CN)CN1C(C)c1nccs1. The van der Waals surface area contributed by atoms with Crippen LogP contribution in [0, 0.1) is 5.92 Å². The van der Waals surface area contributed by atoms with Gasteiger partial charge in [-0.1, -0.05) is 0 Å². The lowest BCUT2D eigenvalue weighted by molar-refractivity contribution is 0.200. The van der Waals surface area contributed by atoms with Crippen molar-refractivity contribution in [3.05, 3.63) is 16.6 Å². The molecule has 0 radical (unpaired) electrons. The van der Waals surface area contributed by atoms with E-state index in [-0.39, 0.29) is 0 Å². The molecule has 1 aliphatic heterocycles. The summed E-state index contributed by atoms with van der Waals surface area (Å²) in [6.07, 6.45) is 3.11. The van der Waals surface area contributed by atoms with Gasteiger partial charge in [-0.15, -0.1) is 11.3 Å². The molecule has 0 aliphatic carbocycles. The fraction of sp³-hybridized carbons (Fsp3) is 0.727. The zero-order valence-electron chi connectivity index (χ0n) is 9.39. The highest BCUT2D eigenvalue weighted by Crippen LogP contribution is 2.32. The Morgan fingerprint density at radius 2 is 2.53 bits per heavy atom. The van der Waals surface area contributed by atoms with E-state index in [4.69, 9.17) is 5.73 Å². The first-order chi connectivity index (χ1) is 7.22. The first kappa shape index (κ1) is 11.0. The molecule has 0 bridgehead atoms. The van der Waals surface area contributed by atoms with Crippen LogP contribution in [-0.4, -0.2) is 29.0 Å². The second-order valence-electron chi connectivity index (χ2n) is 4.43. The Kier molecular flexibility index (Phi) is 3.38. The van der Waals surface area contributed by atoms with E-state index in [1.807, 2.05) is 11.6 Å². The van der Waals surface area contributed by atoms with Crippen LogP contribution < -0.4 is 5.73 Å². The number of nitrogens with zero attached hydrogens (tertiary/aromatic N) is 2. The zero-order chi connectivity index (χ0) is 10.8. The van der Waals surface area contributed by atoms with Crippen molar-refractivity contribution in [1.29, 1.82) is 0 Å². The third kappa shape index (κ3) is 2.22. The second kappa shape index (κ2) is 4.60. The molecular formula is C11H19N3S. The van der Waals surface area contributed by atoms with Gasteiger partial charge in [-0.3, -0.25) is 4.90 Å². The van der Waals surface area contributed by atoms with Gasteiger partial charge >= 0.3 is 0 Å². The molecule has 2 rings (SSSR count). The molecule has 1 aromatic heterocycles. The number of rotatable bonds is 3. The van der Waals surface area contributed by atoms with Crippen LogP contribution in [0.5, 0.6) is 0 Å².